The molecule has 0 unspecified atom stereocenters. The molecule has 1 amide bonds. The van der Waals surface area contributed by atoms with Crippen molar-refractivity contribution in [2.75, 3.05) is 0 Å². The van der Waals surface area contributed by atoms with Gasteiger partial charge in [-0.2, -0.15) is 5.10 Å². The Kier molecular flexibility index (Phi) is 6.67. The molecular formula is C24H20ClF2N5O2. The molecule has 0 bridgehead atoms. The fourth-order valence-corrected chi connectivity index (χ4v) is 3.75. The number of nitrogens with zero attached hydrogens (tertiary/aromatic N) is 4. The highest BCUT2D eigenvalue weighted by Gasteiger charge is 2.40. The highest BCUT2D eigenvalue weighted by molar-refractivity contribution is 6.30. The van der Waals surface area contributed by atoms with Gasteiger partial charge in [0.1, 0.15) is 29.9 Å². The van der Waals surface area contributed by atoms with Crippen LogP contribution in [0.2, 0.25) is 5.02 Å². The zero-order valence-corrected chi connectivity index (χ0v) is 18.7. The molecule has 0 aliphatic carbocycles. The molecule has 4 rings (SSSR count). The average Bonchev–Trinajstić information content (AvgIpc) is 3.32. The molecule has 34 heavy (non-hydrogen) atoms. The van der Waals surface area contributed by atoms with Crippen LogP contribution in [0.25, 0.3) is 11.1 Å². The molecule has 2 atom stereocenters. The Labute approximate surface area is 199 Å². The van der Waals surface area contributed by atoms with Crippen molar-refractivity contribution in [2.24, 2.45) is 0 Å². The lowest BCUT2D eigenvalue weighted by Gasteiger charge is -2.35. The second-order valence-electron chi connectivity index (χ2n) is 7.81. The zero-order chi connectivity index (χ0) is 24.3. The second-order valence-corrected chi connectivity index (χ2v) is 8.24. The Bertz CT molecular complexity index is 1300. The summed E-state index contributed by atoms with van der Waals surface area (Å²) in [7, 11) is 0. The summed E-state index contributed by atoms with van der Waals surface area (Å²) in [6.45, 7) is 1.29. The normalized spacial score (nSPS) is 13.8. The first-order chi connectivity index (χ1) is 16.3. The van der Waals surface area contributed by atoms with E-state index in [0.717, 1.165) is 17.7 Å². The van der Waals surface area contributed by atoms with Gasteiger partial charge in [0, 0.05) is 34.6 Å². The van der Waals surface area contributed by atoms with Gasteiger partial charge in [-0.15, -0.1) is 0 Å². The number of carbonyl (C=O) groups is 1. The maximum atomic E-state index is 14.7. The van der Waals surface area contributed by atoms with Crippen molar-refractivity contribution in [2.45, 2.75) is 25.1 Å². The Morgan fingerprint density at radius 2 is 1.88 bits per heavy atom. The molecule has 0 aliphatic rings. The largest absolute Gasteiger partial charge is 0.381 e. The number of nitrogens with one attached hydrogen (secondary N) is 1. The van der Waals surface area contributed by atoms with Crippen LogP contribution >= 0.6 is 11.6 Å². The predicted octanol–water partition coefficient (Wildman–Crippen LogP) is 3.98. The van der Waals surface area contributed by atoms with E-state index >= 15 is 0 Å². The summed E-state index contributed by atoms with van der Waals surface area (Å²) < 4.78 is 29.5. The van der Waals surface area contributed by atoms with Crippen LogP contribution in [-0.4, -0.2) is 36.8 Å². The monoisotopic (exact) mass is 483 g/mol. The van der Waals surface area contributed by atoms with Gasteiger partial charge in [-0.05, 0) is 36.8 Å². The maximum absolute atomic E-state index is 14.7. The Morgan fingerprint density at radius 1 is 1.12 bits per heavy atom. The minimum absolute atomic E-state index is 0.190. The molecule has 10 heteroatoms. The van der Waals surface area contributed by atoms with Crippen molar-refractivity contribution in [3.8, 4) is 11.1 Å². The summed E-state index contributed by atoms with van der Waals surface area (Å²) in [5.41, 5.74) is -0.412. The molecule has 2 heterocycles. The van der Waals surface area contributed by atoms with Gasteiger partial charge < -0.3 is 10.4 Å². The molecule has 4 aromatic rings. The summed E-state index contributed by atoms with van der Waals surface area (Å²) in [6, 6.07) is 10.6. The second kappa shape index (κ2) is 9.66. The van der Waals surface area contributed by atoms with Crippen LogP contribution in [0.15, 0.2) is 73.6 Å². The van der Waals surface area contributed by atoms with E-state index in [9.17, 15) is 18.7 Å². The highest BCUT2D eigenvalue weighted by atomic mass is 35.5. The van der Waals surface area contributed by atoms with Crippen LogP contribution in [0, 0.1) is 11.6 Å². The molecule has 7 nitrogen and oxygen atoms in total. The number of amides is 1. The van der Waals surface area contributed by atoms with E-state index < -0.39 is 29.2 Å². The molecule has 2 N–H and O–H groups in total. The van der Waals surface area contributed by atoms with Crippen LogP contribution < -0.4 is 5.32 Å². The Hall–Kier alpha value is -3.69. The Morgan fingerprint density at radius 3 is 2.56 bits per heavy atom. The first kappa shape index (κ1) is 23.5. The van der Waals surface area contributed by atoms with Gasteiger partial charge in [0.2, 0.25) is 0 Å². The molecule has 0 spiro atoms. The number of pyridine rings is 1. The number of halogens is 3. The number of benzene rings is 2. The van der Waals surface area contributed by atoms with Crippen molar-refractivity contribution in [3.63, 3.8) is 0 Å². The van der Waals surface area contributed by atoms with Crippen LogP contribution in [0.3, 0.4) is 0 Å². The van der Waals surface area contributed by atoms with E-state index in [-0.39, 0.29) is 17.7 Å². The molecule has 0 aliphatic heterocycles. The molecule has 2 aromatic carbocycles. The fraction of sp³-hybridized carbons (Fsp3) is 0.167. The predicted molar refractivity (Wildman–Crippen MR) is 122 cm³/mol. The van der Waals surface area contributed by atoms with Crippen molar-refractivity contribution < 1.29 is 18.7 Å². The van der Waals surface area contributed by atoms with E-state index in [1.165, 1.54) is 30.5 Å². The van der Waals surface area contributed by atoms with Crippen LogP contribution in [-0.2, 0) is 12.1 Å². The first-order valence-electron chi connectivity index (χ1n) is 10.3. The van der Waals surface area contributed by atoms with E-state index in [2.05, 4.69) is 20.4 Å². The number of hydrogen-bond donors (Lipinski definition) is 2. The van der Waals surface area contributed by atoms with Gasteiger partial charge in [-0.25, -0.2) is 18.4 Å². The third kappa shape index (κ3) is 4.95. The molecule has 0 fully saturated rings. The van der Waals surface area contributed by atoms with Gasteiger partial charge >= 0.3 is 0 Å². The summed E-state index contributed by atoms with van der Waals surface area (Å²) >= 11 is 5.94. The minimum Gasteiger partial charge on any atom is -0.381 e. The molecule has 174 valence electrons. The number of hydrogen-bond acceptors (Lipinski definition) is 5. The summed E-state index contributed by atoms with van der Waals surface area (Å²) in [6.07, 6.45) is 5.61. The van der Waals surface area contributed by atoms with Crippen molar-refractivity contribution >= 4 is 17.5 Å². The molecule has 0 radical (unpaired) electrons. The number of rotatable bonds is 7. The van der Waals surface area contributed by atoms with E-state index in [0.29, 0.717) is 16.7 Å². The summed E-state index contributed by atoms with van der Waals surface area (Å²) in [5, 5.41) is 18.8. The van der Waals surface area contributed by atoms with E-state index in [4.69, 9.17) is 11.6 Å². The fourth-order valence-electron chi connectivity index (χ4n) is 3.62. The highest BCUT2D eigenvalue weighted by Crippen LogP contribution is 2.30. The van der Waals surface area contributed by atoms with Gasteiger partial charge in [0.15, 0.2) is 0 Å². The van der Waals surface area contributed by atoms with E-state index in [1.54, 1.807) is 36.5 Å². The number of carbonyl (C=O) groups excluding carboxylic acids is 1. The van der Waals surface area contributed by atoms with Gasteiger partial charge in [-0.3, -0.25) is 9.78 Å². The first-order valence-corrected chi connectivity index (χ1v) is 10.7. The average molecular weight is 484 g/mol. The molecular weight excluding hydrogens is 464 g/mol. The van der Waals surface area contributed by atoms with Gasteiger partial charge in [-0.1, -0.05) is 29.8 Å². The molecule has 0 saturated carbocycles. The third-order valence-electron chi connectivity index (χ3n) is 5.51. The number of aliphatic hydroxyl groups is 1. The van der Waals surface area contributed by atoms with Crippen molar-refractivity contribution in [1.82, 2.24) is 25.1 Å². The minimum atomic E-state index is -1.97. The quantitative estimate of drug-likeness (QED) is 0.415. The van der Waals surface area contributed by atoms with Crippen LogP contribution in [0.1, 0.15) is 22.8 Å². The maximum Gasteiger partial charge on any atom is 0.253 e. The van der Waals surface area contributed by atoms with E-state index in [1.807, 2.05) is 0 Å². The number of aromatic nitrogens is 4. The van der Waals surface area contributed by atoms with Crippen LogP contribution in [0.4, 0.5) is 8.78 Å². The third-order valence-corrected chi connectivity index (χ3v) is 5.76. The molecule has 2 aromatic heterocycles. The Balaban J connectivity index is 1.62. The van der Waals surface area contributed by atoms with Gasteiger partial charge in [0.25, 0.3) is 5.91 Å². The SMILES string of the molecule is C[C@@H](NC(=O)c1cncc(-c2ccc(Cl)cc2)c1)[C@](O)(Cn1cncn1)c1ccc(F)cc1F. The zero-order valence-electron chi connectivity index (χ0n) is 18.0. The summed E-state index contributed by atoms with van der Waals surface area (Å²) in [5.74, 6) is -2.27. The van der Waals surface area contributed by atoms with Crippen molar-refractivity contribution in [1.29, 1.82) is 0 Å². The van der Waals surface area contributed by atoms with Crippen LogP contribution in [0.5, 0.6) is 0 Å². The van der Waals surface area contributed by atoms with Gasteiger partial charge in [0.05, 0.1) is 18.2 Å². The smallest absolute Gasteiger partial charge is 0.253 e. The summed E-state index contributed by atoms with van der Waals surface area (Å²) in [4.78, 5) is 21.0. The lowest BCUT2D eigenvalue weighted by molar-refractivity contribution is -0.0186. The standard InChI is InChI=1S/C24H20ClF2N5O2/c1-15(24(34,12-32-14-29-13-30-32)21-7-6-20(26)9-22(21)27)31-23(33)18-8-17(10-28-11-18)16-2-4-19(25)5-3-16/h2-11,13-15,34H,12H2,1H3,(H,31,33)/t15-,24-/m1/s1. The molecule has 0 saturated heterocycles. The topological polar surface area (TPSA) is 92.9 Å². The van der Waals surface area contributed by atoms with Crippen molar-refractivity contribution in [3.05, 3.63) is 101 Å². The lowest BCUT2D eigenvalue weighted by Crippen LogP contribution is -2.51. The lowest BCUT2D eigenvalue weighted by atomic mass is 9.86.